The zero-order valence-electron chi connectivity index (χ0n) is 13.0. The second-order valence-electron chi connectivity index (χ2n) is 5.01. The Morgan fingerprint density at radius 1 is 1.38 bits per heavy atom. The van der Waals surface area contributed by atoms with Crippen LogP contribution in [-0.4, -0.2) is 27.8 Å². The van der Waals surface area contributed by atoms with Crippen molar-refractivity contribution in [3.63, 3.8) is 0 Å². The molecule has 1 amide bonds. The number of hydrogen-bond acceptors (Lipinski definition) is 5. The minimum absolute atomic E-state index is 0.0830. The lowest BCUT2D eigenvalue weighted by Gasteiger charge is -2.08. The van der Waals surface area contributed by atoms with E-state index < -0.39 is 0 Å². The van der Waals surface area contributed by atoms with Crippen molar-refractivity contribution in [3.05, 3.63) is 46.5 Å². The zero-order valence-corrected chi connectivity index (χ0v) is 14.6. The summed E-state index contributed by atoms with van der Waals surface area (Å²) in [5.41, 5.74) is 0.732. The monoisotopic (exact) mass is 360 g/mol. The van der Waals surface area contributed by atoms with Gasteiger partial charge in [0.15, 0.2) is 10.6 Å². The first-order valence-corrected chi connectivity index (χ1v) is 8.59. The number of ether oxygens (including phenoxy) is 1. The van der Waals surface area contributed by atoms with Gasteiger partial charge in [-0.1, -0.05) is 6.07 Å². The largest absolute Gasteiger partial charge is 0.497 e. The molecule has 0 radical (unpaired) electrons. The van der Waals surface area contributed by atoms with Gasteiger partial charge in [0.25, 0.3) is 0 Å². The van der Waals surface area contributed by atoms with E-state index in [2.05, 4.69) is 15.5 Å². The van der Waals surface area contributed by atoms with Crippen molar-refractivity contribution in [1.82, 2.24) is 14.8 Å². The van der Waals surface area contributed by atoms with Gasteiger partial charge in [0.1, 0.15) is 5.75 Å². The van der Waals surface area contributed by atoms with E-state index in [0.29, 0.717) is 17.7 Å². The fourth-order valence-corrected chi connectivity index (χ4v) is 3.18. The van der Waals surface area contributed by atoms with Crippen LogP contribution in [0.4, 0.5) is 5.69 Å². The molecular weight excluding hydrogens is 344 g/mol. The summed E-state index contributed by atoms with van der Waals surface area (Å²) in [5.74, 6) is 1.42. The molecule has 0 unspecified atom stereocenters. The molecule has 0 bridgehead atoms. The summed E-state index contributed by atoms with van der Waals surface area (Å²) in [6, 6.07) is 11.1. The van der Waals surface area contributed by atoms with E-state index in [-0.39, 0.29) is 5.91 Å². The third-order valence-corrected chi connectivity index (χ3v) is 4.61. The Hall–Kier alpha value is -2.45. The van der Waals surface area contributed by atoms with Crippen LogP contribution in [0.15, 0.2) is 41.8 Å². The molecule has 0 saturated heterocycles. The number of nitrogens with zero attached hydrogens (tertiary/aromatic N) is 2. The molecule has 3 aromatic rings. The Morgan fingerprint density at radius 2 is 2.17 bits per heavy atom. The molecule has 124 valence electrons. The standard InChI is InChI=1S/C16H16N4O2S2/c1-22-12-6-4-11(5-7-12)17-14(21)8-9-20-15(18-19-16(20)23)13-3-2-10-24-13/h2-7,10H,8-9H2,1H3,(H,17,21)(H,19,23). The van der Waals surface area contributed by atoms with Crippen molar-refractivity contribution in [2.45, 2.75) is 13.0 Å². The van der Waals surface area contributed by atoms with Crippen LogP contribution in [0.1, 0.15) is 6.42 Å². The van der Waals surface area contributed by atoms with Gasteiger partial charge in [-0.3, -0.25) is 14.5 Å². The summed E-state index contributed by atoms with van der Waals surface area (Å²) >= 11 is 6.84. The van der Waals surface area contributed by atoms with E-state index in [1.165, 1.54) is 0 Å². The van der Waals surface area contributed by atoms with E-state index in [4.69, 9.17) is 17.0 Å². The molecule has 24 heavy (non-hydrogen) atoms. The van der Waals surface area contributed by atoms with Gasteiger partial charge in [0.05, 0.1) is 12.0 Å². The number of carbonyl (C=O) groups is 1. The van der Waals surface area contributed by atoms with Gasteiger partial charge in [-0.05, 0) is 47.9 Å². The first kappa shape index (κ1) is 16.4. The lowest BCUT2D eigenvalue weighted by Crippen LogP contribution is -2.15. The van der Waals surface area contributed by atoms with Gasteiger partial charge in [-0.15, -0.1) is 11.3 Å². The lowest BCUT2D eigenvalue weighted by atomic mass is 10.3. The predicted octanol–water partition coefficient (Wildman–Crippen LogP) is 3.71. The molecule has 0 aliphatic rings. The third-order valence-electron chi connectivity index (χ3n) is 3.44. The Labute approximate surface area is 148 Å². The van der Waals surface area contributed by atoms with Crippen LogP contribution >= 0.6 is 23.6 Å². The highest BCUT2D eigenvalue weighted by Gasteiger charge is 2.11. The van der Waals surface area contributed by atoms with Gasteiger partial charge in [0.2, 0.25) is 5.91 Å². The van der Waals surface area contributed by atoms with E-state index in [0.717, 1.165) is 22.1 Å². The third kappa shape index (κ3) is 3.72. The van der Waals surface area contributed by atoms with E-state index in [1.54, 1.807) is 42.7 Å². The number of rotatable bonds is 6. The van der Waals surface area contributed by atoms with Crippen molar-refractivity contribution < 1.29 is 9.53 Å². The van der Waals surface area contributed by atoms with Gasteiger partial charge < -0.3 is 10.1 Å². The highest BCUT2D eigenvalue weighted by molar-refractivity contribution is 7.71. The summed E-state index contributed by atoms with van der Waals surface area (Å²) in [7, 11) is 1.60. The Morgan fingerprint density at radius 3 is 2.83 bits per heavy atom. The quantitative estimate of drug-likeness (QED) is 0.658. The highest BCUT2D eigenvalue weighted by atomic mass is 32.1. The molecule has 0 fully saturated rings. The first-order valence-electron chi connectivity index (χ1n) is 7.30. The maximum Gasteiger partial charge on any atom is 0.226 e. The molecule has 0 aliphatic carbocycles. The molecule has 6 nitrogen and oxygen atoms in total. The smallest absolute Gasteiger partial charge is 0.226 e. The summed E-state index contributed by atoms with van der Waals surface area (Å²) < 4.78 is 7.45. The lowest BCUT2D eigenvalue weighted by molar-refractivity contribution is -0.116. The second-order valence-corrected chi connectivity index (χ2v) is 6.34. The van der Waals surface area contributed by atoms with Gasteiger partial charge in [0, 0.05) is 18.7 Å². The first-order chi connectivity index (χ1) is 11.7. The maximum absolute atomic E-state index is 12.2. The number of aromatic nitrogens is 3. The van der Waals surface area contributed by atoms with E-state index in [1.807, 2.05) is 22.1 Å². The van der Waals surface area contributed by atoms with Crippen molar-refractivity contribution >= 4 is 35.1 Å². The van der Waals surface area contributed by atoms with Crippen LogP contribution in [0, 0.1) is 4.77 Å². The number of hydrogen-bond donors (Lipinski definition) is 2. The highest BCUT2D eigenvalue weighted by Crippen LogP contribution is 2.23. The van der Waals surface area contributed by atoms with Crippen molar-refractivity contribution in [2.24, 2.45) is 0 Å². The van der Waals surface area contributed by atoms with Crippen LogP contribution in [-0.2, 0) is 11.3 Å². The number of amides is 1. The summed E-state index contributed by atoms with van der Waals surface area (Å²) in [5, 5.41) is 11.9. The fourth-order valence-electron chi connectivity index (χ4n) is 2.23. The molecule has 0 saturated carbocycles. The molecule has 1 aromatic carbocycles. The van der Waals surface area contributed by atoms with Crippen LogP contribution < -0.4 is 10.1 Å². The number of nitrogens with one attached hydrogen (secondary N) is 2. The number of thiophene rings is 1. The zero-order chi connectivity index (χ0) is 16.9. The number of aromatic amines is 1. The van der Waals surface area contributed by atoms with E-state index in [9.17, 15) is 4.79 Å². The Kier molecular flexibility index (Phi) is 5.07. The molecule has 8 heteroatoms. The van der Waals surface area contributed by atoms with Crippen LogP contribution in [0.2, 0.25) is 0 Å². The van der Waals surface area contributed by atoms with Crippen molar-refractivity contribution in [3.8, 4) is 16.5 Å². The van der Waals surface area contributed by atoms with Crippen LogP contribution in [0.5, 0.6) is 5.75 Å². The molecule has 0 aliphatic heterocycles. The minimum Gasteiger partial charge on any atom is -0.497 e. The summed E-state index contributed by atoms with van der Waals surface area (Å²) in [6.07, 6.45) is 0.304. The second kappa shape index (κ2) is 7.41. The average Bonchev–Trinajstić information content (AvgIpc) is 3.23. The number of anilines is 1. The molecule has 0 spiro atoms. The Balaban J connectivity index is 1.64. The van der Waals surface area contributed by atoms with Gasteiger partial charge in [-0.2, -0.15) is 5.10 Å². The number of H-pyrrole nitrogens is 1. The molecule has 0 atom stereocenters. The number of carbonyl (C=O) groups excluding carboxylic acids is 1. The fraction of sp³-hybridized carbons (Fsp3) is 0.188. The molecule has 2 N–H and O–H groups in total. The maximum atomic E-state index is 12.2. The Bertz CT molecular complexity index is 866. The average molecular weight is 360 g/mol. The number of benzene rings is 1. The molecule has 3 rings (SSSR count). The van der Waals surface area contributed by atoms with Crippen LogP contribution in [0.25, 0.3) is 10.7 Å². The van der Waals surface area contributed by atoms with Crippen LogP contribution in [0.3, 0.4) is 0 Å². The molecular formula is C16H16N4O2S2. The SMILES string of the molecule is COc1ccc(NC(=O)CCn2c(-c3cccs3)n[nH]c2=S)cc1. The summed E-state index contributed by atoms with van der Waals surface area (Å²) in [6.45, 7) is 0.463. The summed E-state index contributed by atoms with van der Waals surface area (Å²) in [4.78, 5) is 13.2. The molecule has 2 aromatic heterocycles. The minimum atomic E-state index is -0.0830. The molecule has 2 heterocycles. The number of methoxy groups -OCH3 is 1. The topological polar surface area (TPSA) is 71.9 Å². The van der Waals surface area contributed by atoms with E-state index >= 15 is 0 Å². The van der Waals surface area contributed by atoms with Gasteiger partial charge in [-0.25, -0.2) is 0 Å². The van der Waals surface area contributed by atoms with Crippen molar-refractivity contribution in [2.75, 3.05) is 12.4 Å². The van der Waals surface area contributed by atoms with Crippen molar-refractivity contribution in [1.29, 1.82) is 0 Å². The normalized spacial score (nSPS) is 10.5. The van der Waals surface area contributed by atoms with Gasteiger partial charge >= 0.3 is 0 Å². The predicted molar refractivity (Wildman–Crippen MR) is 97.0 cm³/mol.